The van der Waals surface area contributed by atoms with E-state index in [0.29, 0.717) is 11.3 Å². The molecule has 0 saturated heterocycles. The molecule has 1 aromatic carbocycles. The van der Waals surface area contributed by atoms with Gasteiger partial charge in [0.25, 0.3) is 0 Å². The van der Waals surface area contributed by atoms with E-state index in [-0.39, 0.29) is 6.04 Å². The number of nitrogens with two attached hydrogens (primary N) is 1. The van der Waals surface area contributed by atoms with Crippen LogP contribution in [0.2, 0.25) is 0 Å². The van der Waals surface area contributed by atoms with Crippen LogP contribution in [-0.2, 0) is 0 Å². The molecular formula is C17H27N. The maximum atomic E-state index is 6.51. The third-order valence-corrected chi connectivity index (χ3v) is 4.68. The summed E-state index contributed by atoms with van der Waals surface area (Å²) in [6.45, 7) is 9.10. The average molecular weight is 245 g/mol. The van der Waals surface area contributed by atoms with Gasteiger partial charge in [0.15, 0.2) is 0 Å². The summed E-state index contributed by atoms with van der Waals surface area (Å²) in [5, 5.41) is 0. The standard InChI is InChI=1S/C17H27N/c1-12-5-6-15(13(2)11-12)16(18)14-7-9-17(3,4)10-8-14/h5-6,11,14,16H,7-10,18H2,1-4H3. The van der Waals surface area contributed by atoms with Crippen molar-refractivity contribution < 1.29 is 0 Å². The molecule has 0 bridgehead atoms. The molecule has 2 N–H and O–H groups in total. The molecule has 1 heteroatoms. The lowest BCUT2D eigenvalue weighted by atomic mass is 9.70. The molecule has 18 heavy (non-hydrogen) atoms. The quantitative estimate of drug-likeness (QED) is 0.814. The predicted molar refractivity (Wildman–Crippen MR) is 78.6 cm³/mol. The van der Waals surface area contributed by atoms with Crippen molar-refractivity contribution in [3.8, 4) is 0 Å². The topological polar surface area (TPSA) is 26.0 Å². The fourth-order valence-electron chi connectivity index (χ4n) is 3.23. The molecule has 1 atom stereocenters. The van der Waals surface area contributed by atoms with Crippen LogP contribution < -0.4 is 5.73 Å². The molecular weight excluding hydrogens is 218 g/mol. The highest BCUT2D eigenvalue weighted by Crippen LogP contribution is 2.42. The third kappa shape index (κ3) is 2.95. The van der Waals surface area contributed by atoms with Crippen LogP contribution in [0.5, 0.6) is 0 Å². The van der Waals surface area contributed by atoms with Crippen LogP contribution in [0.25, 0.3) is 0 Å². The summed E-state index contributed by atoms with van der Waals surface area (Å²) in [6, 6.07) is 6.90. The zero-order valence-electron chi connectivity index (χ0n) is 12.3. The Morgan fingerprint density at radius 3 is 2.33 bits per heavy atom. The summed E-state index contributed by atoms with van der Waals surface area (Å²) in [7, 11) is 0. The van der Waals surface area contributed by atoms with Gasteiger partial charge < -0.3 is 5.73 Å². The summed E-state index contributed by atoms with van der Waals surface area (Å²) in [5.74, 6) is 0.666. The predicted octanol–water partition coefficient (Wildman–Crippen LogP) is 4.52. The van der Waals surface area contributed by atoms with Gasteiger partial charge in [-0.3, -0.25) is 0 Å². The summed E-state index contributed by atoms with van der Waals surface area (Å²) < 4.78 is 0. The van der Waals surface area contributed by atoms with Gasteiger partial charge in [-0.05, 0) is 62.0 Å². The van der Waals surface area contributed by atoms with Gasteiger partial charge in [0, 0.05) is 6.04 Å². The summed E-state index contributed by atoms with van der Waals surface area (Å²) in [4.78, 5) is 0. The Labute approximate surface area is 112 Å². The molecule has 0 amide bonds. The highest BCUT2D eigenvalue weighted by atomic mass is 14.7. The molecule has 1 unspecified atom stereocenters. The van der Waals surface area contributed by atoms with Crippen molar-refractivity contribution in [2.75, 3.05) is 0 Å². The van der Waals surface area contributed by atoms with Gasteiger partial charge >= 0.3 is 0 Å². The molecule has 1 aliphatic carbocycles. The van der Waals surface area contributed by atoms with Crippen molar-refractivity contribution in [1.29, 1.82) is 0 Å². The Morgan fingerprint density at radius 1 is 1.17 bits per heavy atom. The first-order valence-corrected chi connectivity index (χ1v) is 7.22. The zero-order chi connectivity index (χ0) is 13.3. The average Bonchev–Trinajstić information content (AvgIpc) is 2.28. The van der Waals surface area contributed by atoms with Crippen LogP contribution >= 0.6 is 0 Å². The molecule has 1 fully saturated rings. The smallest absolute Gasteiger partial charge is 0.0326 e. The molecule has 1 aromatic rings. The minimum absolute atomic E-state index is 0.224. The highest BCUT2D eigenvalue weighted by Gasteiger charge is 2.30. The van der Waals surface area contributed by atoms with E-state index in [0.717, 1.165) is 0 Å². The van der Waals surface area contributed by atoms with Gasteiger partial charge in [-0.2, -0.15) is 0 Å². The fraction of sp³-hybridized carbons (Fsp3) is 0.647. The normalized spacial score (nSPS) is 21.8. The molecule has 100 valence electrons. The molecule has 0 heterocycles. The summed E-state index contributed by atoms with van der Waals surface area (Å²) >= 11 is 0. The minimum Gasteiger partial charge on any atom is -0.324 e. The van der Waals surface area contributed by atoms with Crippen molar-refractivity contribution >= 4 is 0 Å². The summed E-state index contributed by atoms with van der Waals surface area (Å²) in [5.41, 5.74) is 11.1. The van der Waals surface area contributed by atoms with Gasteiger partial charge in [-0.15, -0.1) is 0 Å². The minimum atomic E-state index is 0.224. The van der Waals surface area contributed by atoms with Crippen LogP contribution in [-0.4, -0.2) is 0 Å². The molecule has 1 saturated carbocycles. The molecule has 0 spiro atoms. The first-order chi connectivity index (χ1) is 8.39. The second-order valence-corrected chi connectivity index (χ2v) is 6.89. The van der Waals surface area contributed by atoms with Gasteiger partial charge in [-0.1, -0.05) is 37.6 Å². The van der Waals surface area contributed by atoms with Crippen LogP contribution in [0.1, 0.15) is 62.3 Å². The van der Waals surface area contributed by atoms with E-state index >= 15 is 0 Å². The molecule has 1 aliphatic rings. The van der Waals surface area contributed by atoms with Gasteiger partial charge in [-0.25, -0.2) is 0 Å². The van der Waals surface area contributed by atoms with Gasteiger partial charge in [0.1, 0.15) is 0 Å². The highest BCUT2D eigenvalue weighted by molar-refractivity contribution is 5.33. The van der Waals surface area contributed by atoms with E-state index in [9.17, 15) is 0 Å². The largest absolute Gasteiger partial charge is 0.324 e. The first kappa shape index (κ1) is 13.6. The van der Waals surface area contributed by atoms with Crippen molar-refractivity contribution in [2.45, 2.75) is 59.4 Å². The van der Waals surface area contributed by atoms with Crippen molar-refractivity contribution in [3.63, 3.8) is 0 Å². The lowest BCUT2D eigenvalue weighted by Crippen LogP contribution is -2.29. The molecule has 1 nitrogen and oxygen atoms in total. The maximum Gasteiger partial charge on any atom is 0.0326 e. The zero-order valence-corrected chi connectivity index (χ0v) is 12.3. The lowest BCUT2D eigenvalue weighted by Gasteiger charge is -2.37. The fourth-order valence-corrected chi connectivity index (χ4v) is 3.23. The number of hydrogen-bond donors (Lipinski definition) is 1. The van der Waals surface area contributed by atoms with E-state index in [1.54, 1.807) is 0 Å². The second kappa shape index (κ2) is 5.05. The Kier molecular flexibility index (Phi) is 3.82. The van der Waals surface area contributed by atoms with Crippen molar-refractivity contribution in [1.82, 2.24) is 0 Å². The van der Waals surface area contributed by atoms with Crippen molar-refractivity contribution in [2.24, 2.45) is 17.1 Å². The van der Waals surface area contributed by atoms with Crippen LogP contribution in [0.3, 0.4) is 0 Å². The number of aryl methyl sites for hydroxylation is 2. The monoisotopic (exact) mass is 245 g/mol. The van der Waals surface area contributed by atoms with Gasteiger partial charge in [0.05, 0.1) is 0 Å². The second-order valence-electron chi connectivity index (χ2n) is 6.89. The molecule has 0 radical (unpaired) electrons. The van der Waals surface area contributed by atoms with E-state index in [1.165, 1.54) is 42.4 Å². The number of rotatable bonds is 2. The van der Waals surface area contributed by atoms with Crippen LogP contribution in [0, 0.1) is 25.2 Å². The molecule has 0 aliphatic heterocycles. The Morgan fingerprint density at radius 2 is 1.78 bits per heavy atom. The van der Waals surface area contributed by atoms with Crippen LogP contribution in [0.15, 0.2) is 18.2 Å². The first-order valence-electron chi connectivity index (χ1n) is 7.22. The third-order valence-electron chi connectivity index (χ3n) is 4.68. The summed E-state index contributed by atoms with van der Waals surface area (Å²) in [6.07, 6.45) is 5.19. The Bertz CT molecular complexity index is 410. The van der Waals surface area contributed by atoms with Crippen molar-refractivity contribution in [3.05, 3.63) is 34.9 Å². The number of benzene rings is 1. The molecule has 2 rings (SSSR count). The van der Waals surface area contributed by atoms with E-state index in [1.807, 2.05) is 0 Å². The van der Waals surface area contributed by atoms with E-state index in [4.69, 9.17) is 5.73 Å². The Hall–Kier alpha value is -0.820. The lowest BCUT2D eigenvalue weighted by molar-refractivity contribution is 0.173. The Balaban J connectivity index is 2.10. The maximum absolute atomic E-state index is 6.51. The van der Waals surface area contributed by atoms with Gasteiger partial charge in [0.2, 0.25) is 0 Å². The van der Waals surface area contributed by atoms with E-state index < -0.39 is 0 Å². The van der Waals surface area contributed by atoms with Crippen LogP contribution in [0.4, 0.5) is 0 Å². The number of hydrogen-bond acceptors (Lipinski definition) is 1. The van der Waals surface area contributed by atoms with E-state index in [2.05, 4.69) is 45.9 Å². The SMILES string of the molecule is Cc1ccc(C(N)C2CCC(C)(C)CC2)c(C)c1. The molecule has 0 aromatic heterocycles.